The standard InChI is InChI=1S/C15H20INO4/c1-15(2,3)21-14(19)17(4)12(13(18)20-10-16)11-8-6-5-7-9-11/h5-9,12H,10H2,1-4H3/t12-/m0/s1. The highest BCUT2D eigenvalue weighted by atomic mass is 127. The Morgan fingerprint density at radius 2 is 1.81 bits per heavy atom. The molecule has 1 atom stereocenters. The van der Waals surface area contributed by atoms with Crippen LogP contribution in [0, 0.1) is 0 Å². The number of halogens is 1. The summed E-state index contributed by atoms with van der Waals surface area (Å²) < 4.78 is 10.6. The maximum absolute atomic E-state index is 12.2. The van der Waals surface area contributed by atoms with E-state index in [-0.39, 0.29) is 4.61 Å². The molecule has 0 heterocycles. The summed E-state index contributed by atoms with van der Waals surface area (Å²) in [5.41, 5.74) is 0.0560. The molecule has 1 aromatic carbocycles. The zero-order chi connectivity index (χ0) is 16.0. The number of rotatable bonds is 4. The molecule has 1 amide bonds. The molecule has 0 spiro atoms. The number of benzene rings is 1. The van der Waals surface area contributed by atoms with Crippen LogP contribution < -0.4 is 0 Å². The third kappa shape index (κ3) is 5.53. The Morgan fingerprint density at radius 1 is 1.24 bits per heavy atom. The van der Waals surface area contributed by atoms with Gasteiger partial charge >= 0.3 is 12.1 Å². The van der Waals surface area contributed by atoms with Gasteiger partial charge in [-0.1, -0.05) is 30.3 Å². The summed E-state index contributed by atoms with van der Waals surface area (Å²) >= 11 is 1.94. The van der Waals surface area contributed by atoms with Gasteiger partial charge in [-0.05, 0) is 48.9 Å². The Bertz CT molecular complexity index is 484. The molecular formula is C15H20INO4. The normalized spacial score (nSPS) is 12.4. The largest absolute Gasteiger partial charge is 0.453 e. The molecule has 0 radical (unpaired) electrons. The van der Waals surface area contributed by atoms with Crippen molar-refractivity contribution in [2.45, 2.75) is 32.4 Å². The van der Waals surface area contributed by atoms with E-state index in [1.807, 2.05) is 40.8 Å². The first kappa shape index (κ1) is 17.7. The summed E-state index contributed by atoms with van der Waals surface area (Å²) in [6, 6.07) is 8.19. The number of carbonyl (C=O) groups is 2. The van der Waals surface area contributed by atoms with Crippen LogP contribution >= 0.6 is 22.6 Å². The molecule has 6 heteroatoms. The Labute approximate surface area is 138 Å². The first-order valence-corrected chi connectivity index (χ1v) is 8.02. The lowest BCUT2D eigenvalue weighted by Gasteiger charge is -2.29. The number of alkyl halides is 1. The van der Waals surface area contributed by atoms with Gasteiger partial charge < -0.3 is 9.47 Å². The Morgan fingerprint density at radius 3 is 2.29 bits per heavy atom. The van der Waals surface area contributed by atoms with Crippen LogP contribution in [-0.2, 0) is 14.3 Å². The average molecular weight is 405 g/mol. The zero-order valence-corrected chi connectivity index (χ0v) is 14.8. The molecule has 0 aromatic heterocycles. The van der Waals surface area contributed by atoms with E-state index in [1.54, 1.807) is 32.9 Å². The van der Waals surface area contributed by atoms with Gasteiger partial charge in [0, 0.05) is 7.05 Å². The molecule has 21 heavy (non-hydrogen) atoms. The van der Waals surface area contributed by atoms with Crippen LogP contribution in [0.4, 0.5) is 4.79 Å². The monoisotopic (exact) mass is 405 g/mol. The predicted molar refractivity (Wildman–Crippen MR) is 88.2 cm³/mol. The number of carbonyl (C=O) groups excluding carboxylic acids is 2. The van der Waals surface area contributed by atoms with Crippen molar-refractivity contribution in [2.24, 2.45) is 0 Å². The number of ether oxygens (including phenoxy) is 2. The number of hydrogen-bond donors (Lipinski definition) is 0. The third-order valence-electron chi connectivity index (χ3n) is 2.60. The van der Waals surface area contributed by atoms with Gasteiger partial charge in [-0.15, -0.1) is 0 Å². The van der Waals surface area contributed by atoms with Gasteiger partial charge in [-0.25, -0.2) is 9.59 Å². The highest BCUT2D eigenvalue weighted by molar-refractivity contribution is 14.1. The van der Waals surface area contributed by atoms with Crippen LogP contribution in [0.3, 0.4) is 0 Å². The van der Waals surface area contributed by atoms with Crippen LogP contribution in [-0.4, -0.2) is 34.2 Å². The maximum atomic E-state index is 12.2. The van der Waals surface area contributed by atoms with E-state index in [1.165, 1.54) is 11.9 Å². The van der Waals surface area contributed by atoms with Gasteiger partial charge in [0.1, 0.15) is 10.2 Å². The molecule has 0 N–H and O–H groups in total. The van der Waals surface area contributed by atoms with Crippen LogP contribution in [0.5, 0.6) is 0 Å². The van der Waals surface area contributed by atoms with E-state index in [0.29, 0.717) is 5.56 Å². The first-order valence-electron chi connectivity index (χ1n) is 6.49. The van der Waals surface area contributed by atoms with Crippen molar-refractivity contribution in [3.63, 3.8) is 0 Å². The smallest absolute Gasteiger partial charge is 0.411 e. The van der Waals surface area contributed by atoms with Crippen molar-refractivity contribution in [1.29, 1.82) is 0 Å². The Balaban J connectivity index is 3.01. The summed E-state index contributed by atoms with van der Waals surface area (Å²) in [6.07, 6.45) is -0.568. The van der Waals surface area contributed by atoms with Crippen molar-refractivity contribution in [3.8, 4) is 0 Å². The molecule has 0 aliphatic rings. The zero-order valence-electron chi connectivity index (χ0n) is 12.6. The van der Waals surface area contributed by atoms with E-state index in [2.05, 4.69) is 0 Å². The second-order valence-corrected chi connectivity index (χ2v) is 6.10. The summed E-state index contributed by atoms with van der Waals surface area (Å²) in [6.45, 7) is 5.33. The van der Waals surface area contributed by atoms with Crippen molar-refractivity contribution in [3.05, 3.63) is 35.9 Å². The minimum Gasteiger partial charge on any atom is -0.453 e. The minimum atomic E-state index is -0.823. The average Bonchev–Trinajstić information content (AvgIpc) is 2.38. The Hall–Kier alpha value is -1.31. The van der Waals surface area contributed by atoms with Gasteiger partial charge in [0.2, 0.25) is 0 Å². The lowest BCUT2D eigenvalue weighted by atomic mass is 10.1. The summed E-state index contributed by atoms with van der Waals surface area (Å²) in [4.78, 5) is 25.6. The Kier molecular flexibility index (Phi) is 6.44. The van der Waals surface area contributed by atoms with Crippen LogP contribution in [0.2, 0.25) is 0 Å². The number of nitrogens with zero attached hydrogens (tertiary/aromatic N) is 1. The second-order valence-electron chi connectivity index (χ2n) is 5.48. The fourth-order valence-electron chi connectivity index (χ4n) is 1.73. The van der Waals surface area contributed by atoms with Gasteiger partial charge in [-0.3, -0.25) is 4.90 Å². The number of esters is 1. The maximum Gasteiger partial charge on any atom is 0.411 e. The molecule has 0 bridgehead atoms. The molecule has 5 nitrogen and oxygen atoms in total. The third-order valence-corrected chi connectivity index (χ3v) is 2.92. The number of hydrogen-bond acceptors (Lipinski definition) is 4. The van der Waals surface area contributed by atoms with E-state index in [0.717, 1.165) is 0 Å². The van der Waals surface area contributed by atoms with Crippen LogP contribution in [0.25, 0.3) is 0 Å². The SMILES string of the molecule is CN(C(=O)OC(C)(C)C)[C@H](C(=O)OCI)c1ccccc1. The molecule has 0 saturated heterocycles. The van der Waals surface area contributed by atoms with E-state index in [9.17, 15) is 9.59 Å². The molecule has 116 valence electrons. The van der Waals surface area contributed by atoms with Gasteiger partial charge in [0.05, 0.1) is 0 Å². The van der Waals surface area contributed by atoms with E-state index < -0.39 is 23.7 Å². The topological polar surface area (TPSA) is 55.8 Å². The molecule has 0 saturated carbocycles. The van der Waals surface area contributed by atoms with Crippen molar-refractivity contribution < 1.29 is 19.1 Å². The molecule has 0 unspecified atom stereocenters. The fraction of sp³-hybridized carbons (Fsp3) is 0.467. The van der Waals surface area contributed by atoms with Crippen molar-refractivity contribution in [2.75, 3.05) is 11.7 Å². The van der Waals surface area contributed by atoms with Crippen molar-refractivity contribution >= 4 is 34.7 Å². The minimum absolute atomic E-state index is 0.224. The molecule has 1 aromatic rings. The predicted octanol–water partition coefficient (Wildman–Crippen LogP) is 3.53. The number of likely N-dealkylation sites (N-methyl/N-ethyl adjacent to an activating group) is 1. The van der Waals surface area contributed by atoms with Crippen LogP contribution in [0.1, 0.15) is 32.4 Å². The molecular weight excluding hydrogens is 385 g/mol. The second kappa shape index (κ2) is 7.63. The van der Waals surface area contributed by atoms with Gasteiger partial charge in [0.15, 0.2) is 6.04 Å². The summed E-state index contributed by atoms with van der Waals surface area (Å²) in [7, 11) is 1.53. The van der Waals surface area contributed by atoms with Crippen LogP contribution in [0.15, 0.2) is 30.3 Å². The number of amides is 1. The van der Waals surface area contributed by atoms with E-state index >= 15 is 0 Å². The lowest BCUT2D eigenvalue weighted by Crippen LogP contribution is -2.40. The lowest BCUT2D eigenvalue weighted by molar-refractivity contribution is -0.147. The highest BCUT2D eigenvalue weighted by Crippen LogP contribution is 2.23. The highest BCUT2D eigenvalue weighted by Gasteiger charge is 2.32. The van der Waals surface area contributed by atoms with Gasteiger partial charge in [-0.2, -0.15) is 0 Å². The quantitative estimate of drug-likeness (QED) is 0.437. The summed E-state index contributed by atoms with van der Waals surface area (Å²) in [5.74, 6) is -0.482. The molecule has 1 rings (SSSR count). The fourth-order valence-corrected chi connectivity index (χ4v) is 2.03. The molecule has 0 aliphatic heterocycles. The van der Waals surface area contributed by atoms with Gasteiger partial charge in [0.25, 0.3) is 0 Å². The molecule has 0 fully saturated rings. The molecule has 0 aliphatic carbocycles. The van der Waals surface area contributed by atoms with Crippen molar-refractivity contribution in [1.82, 2.24) is 4.90 Å². The first-order chi connectivity index (χ1) is 9.76. The summed E-state index contributed by atoms with van der Waals surface area (Å²) in [5, 5.41) is 0. The van der Waals surface area contributed by atoms with E-state index in [4.69, 9.17) is 9.47 Å².